The number of ether oxygens (including phenoxy) is 1. The summed E-state index contributed by atoms with van der Waals surface area (Å²) in [7, 11) is 0. The van der Waals surface area contributed by atoms with Crippen molar-refractivity contribution in [3.8, 4) is 5.75 Å². The summed E-state index contributed by atoms with van der Waals surface area (Å²) in [5, 5.41) is 12.4. The van der Waals surface area contributed by atoms with E-state index in [-0.39, 0.29) is 6.10 Å². The molecular weight excluding hydrogens is 262 g/mol. The van der Waals surface area contributed by atoms with Crippen LogP contribution in [0.2, 0.25) is 0 Å². The molecule has 0 saturated heterocycles. The lowest BCUT2D eigenvalue weighted by Crippen LogP contribution is -2.23. The van der Waals surface area contributed by atoms with E-state index >= 15 is 0 Å². The van der Waals surface area contributed by atoms with Crippen molar-refractivity contribution in [2.75, 3.05) is 6.54 Å². The van der Waals surface area contributed by atoms with Gasteiger partial charge in [-0.05, 0) is 37.1 Å². The SMILES string of the molecule is Cc1cccc(COc2ccc(CNC[C@@H](C)O)cc2)c1. The fourth-order valence-corrected chi connectivity index (χ4v) is 2.10. The molecule has 2 N–H and O–H groups in total. The molecule has 0 aliphatic rings. The summed E-state index contributed by atoms with van der Waals surface area (Å²) in [5.41, 5.74) is 3.60. The second-order valence-electron chi connectivity index (χ2n) is 5.40. The molecule has 0 fully saturated rings. The van der Waals surface area contributed by atoms with E-state index in [1.165, 1.54) is 16.7 Å². The number of benzene rings is 2. The lowest BCUT2D eigenvalue weighted by molar-refractivity contribution is 0.191. The average molecular weight is 285 g/mol. The molecule has 2 aromatic rings. The van der Waals surface area contributed by atoms with Gasteiger partial charge in [0, 0.05) is 13.1 Å². The Morgan fingerprint density at radius 3 is 2.52 bits per heavy atom. The van der Waals surface area contributed by atoms with Crippen molar-refractivity contribution >= 4 is 0 Å². The van der Waals surface area contributed by atoms with Gasteiger partial charge in [0.1, 0.15) is 12.4 Å². The van der Waals surface area contributed by atoms with Gasteiger partial charge in [0.25, 0.3) is 0 Å². The van der Waals surface area contributed by atoms with Gasteiger partial charge in [-0.2, -0.15) is 0 Å². The van der Waals surface area contributed by atoms with Crippen LogP contribution in [0.1, 0.15) is 23.6 Å². The van der Waals surface area contributed by atoms with E-state index in [9.17, 15) is 5.11 Å². The van der Waals surface area contributed by atoms with Gasteiger partial charge in [-0.1, -0.05) is 42.0 Å². The van der Waals surface area contributed by atoms with Crippen LogP contribution in [-0.4, -0.2) is 17.8 Å². The average Bonchev–Trinajstić information content (AvgIpc) is 2.46. The second kappa shape index (κ2) is 7.81. The number of nitrogens with one attached hydrogen (secondary N) is 1. The van der Waals surface area contributed by atoms with Gasteiger partial charge >= 0.3 is 0 Å². The predicted molar refractivity (Wildman–Crippen MR) is 85.3 cm³/mol. The van der Waals surface area contributed by atoms with Crippen molar-refractivity contribution < 1.29 is 9.84 Å². The van der Waals surface area contributed by atoms with Gasteiger partial charge in [-0.3, -0.25) is 0 Å². The number of hydrogen-bond acceptors (Lipinski definition) is 3. The fraction of sp³-hybridized carbons (Fsp3) is 0.333. The first kappa shape index (κ1) is 15.5. The quantitative estimate of drug-likeness (QED) is 0.821. The molecule has 0 amide bonds. The van der Waals surface area contributed by atoms with Crippen LogP contribution in [0.15, 0.2) is 48.5 Å². The Labute approximate surface area is 126 Å². The summed E-state index contributed by atoms with van der Waals surface area (Å²) in [5.74, 6) is 0.871. The summed E-state index contributed by atoms with van der Waals surface area (Å²) in [4.78, 5) is 0. The minimum atomic E-state index is -0.318. The molecule has 0 spiro atoms. The van der Waals surface area contributed by atoms with Crippen LogP contribution in [0.4, 0.5) is 0 Å². The molecule has 0 aliphatic carbocycles. The molecule has 3 heteroatoms. The van der Waals surface area contributed by atoms with Crippen molar-refractivity contribution in [1.29, 1.82) is 0 Å². The van der Waals surface area contributed by atoms with Gasteiger partial charge in [-0.15, -0.1) is 0 Å². The largest absolute Gasteiger partial charge is 0.489 e. The number of aliphatic hydroxyl groups excluding tert-OH is 1. The third kappa shape index (κ3) is 5.58. The molecule has 112 valence electrons. The number of hydrogen-bond donors (Lipinski definition) is 2. The van der Waals surface area contributed by atoms with E-state index in [1.54, 1.807) is 6.92 Å². The minimum absolute atomic E-state index is 0.318. The molecule has 0 unspecified atom stereocenters. The fourth-order valence-electron chi connectivity index (χ4n) is 2.10. The molecule has 0 heterocycles. The Morgan fingerprint density at radius 1 is 1.10 bits per heavy atom. The Bertz CT molecular complexity index is 549. The third-order valence-corrected chi connectivity index (χ3v) is 3.18. The van der Waals surface area contributed by atoms with Crippen molar-refractivity contribution in [2.45, 2.75) is 33.1 Å². The molecule has 0 aliphatic heterocycles. The van der Waals surface area contributed by atoms with Crippen LogP contribution >= 0.6 is 0 Å². The lowest BCUT2D eigenvalue weighted by atomic mass is 10.1. The second-order valence-corrected chi connectivity index (χ2v) is 5.40. The maximum atomic E-state index is 9.19. The van der Waals surface area contributed by atoms with Gasteiger partial charge in [0.05, 0.1) is 6.10 Å². The Balaban J connectivity index is 1.82. The van der Waals surface area contributed by atoms with Crippen LogP contribution in [0.3, 0.4) is 0 Å². The molecule has 0 aromatic heterocycles. The lowest BCUT2D eigenvalue weighted by Gasteiger charge is -2.09. The molecule has 3 nitrogen and oxygen atoms in total. The third-order valence-electron chi connectivity index (χ3n) is 3.18. The Kier molecular flexibility index (Phi) is 5.78. The Morgan fingerprint density at radius 2 is 1.86 bits per heavy atom. The molecule has 0 saturated carbocycles. The maximum absolute atomic E-state index is 9.19. The normalized spacial score (nSPS) is 12.1. The van der Waals surface area contributed by atoms with Gasteiger partial charge in [-0.25, -0.2) is 0 Å². The van der Waals surface area contributed by atoms with E-state index in [0.717, 1.165) is 12.3 Å². The first-order valence-electron chi connectivity index (χ1n) is 7.29. The van der Waals surface area contributed by atoms with Gasteiger partial charge in [0.15, 0.2) is 0 Å². The topological polar surface area (TPSA) is 41.5 Å². The van der Waals surface area contributed by atoms with E-state index in [4.69, 9.17) is 4.74 Å². The highest BCUT2D eigenvalue weighted by Gasteiger charge is 1.99. The summed E-state index contributed by atoms with van der Waals surface area (Å²) in [6.07, 6.45) is -0.318. The monoisotopic (exact) mass is 285 g/mol. The predicted octanol–water partition coefficient (Wildman–Crippen LogP) is 3.04. The van der Waals surface area contributed by atoms with Crippen molar-refractivity contribution in [2.24, 2.45) is 0 Å². The van der Waals surface area contributed by atoms with Crippen molar-refractivity contribution in [3.05, 3.63) is 65.2 Å². The minimum Gasteiger partial charge on any atom is -0.489 e. The molecule has 0 bridgehead atoms. The van der Waals surface area contributed by atoms with E-state index in [2.05, 4.69) is 30.4 Å². The van der Waals surface area contributed by atoms with Crippen LogP contribution in [0.25, 0.3) is 0 Å². The van der Waals surface area contributed by atoms with E-state index in [0.29, 0.717) is 13.2 Å². The zero-order valence-corrected chi connectivity index (χ0v) is 12.7. The zero-order valence-electron chi connectivity index (χ0n) is 12.7. The van der Waals surface area contributed by atoms with E-state index in [1.807, 2.05) is 30.3 Å². The van der Waals surface area contributed by atoms with Crippen LogP contribution < -0.4 is 10.1 Å². The molecule has 0 radical (unpaired) electrons. The van der Waals surface area contributed by atoms with Crippen LogP contribution in [-0.2, 0) is 13.2 Å². The highest BCUT2D eigenvalue weighted by Crippen LogP contribution is 2.14. The molecule has 1 atom stereocenters. The highest BCUT2D eigenvalue weighted by atomic mass is 16.5. The smallest absolute Gasteiger partial charge is 0.119 e. The highest BCUT2D eigenvalue weighted by molar-refractivity contribution is 5.28. The van der Waals surface area contributed by atoms with Crippen molar-refractivity contribution in [1.82, 2.24) is 5.32 Å². The summed E-state index contributed by atoms with van der Waals surface area (Å²) < 4.78 is 5.78. The van der Waals surface area contributed by atoms with Gasteiger partial charge < -0.3 is 15.2 Å². The maximum Gasteiger partial charge on any atom is 0.119 e. The molecular formula is C18H23NO2. The van der Waals surface area contributed by atoms with Crippen LogP contribution in [0, 0.1) is 6.92 Å². The molecule has 2 rings (SSSR count). The number of aryl methyl sites for hydroxylation is 1. The van der Waals surface area contributed by atoms with Gasteiger partial charge in [0.2, 0.25) is 0 Å². The van der Waals surface area contributed by atoms with Crippen LogP contribution in [0.5, 0.6) is 5.75 Å². The summed E-state index contributed by atoms with van der Waals surface area (Å²) in [6.45, 7) is 5.80. The zero-order chi connectivity index (χ0) is 15.1. The number of aliphatic hydroxyl groups is 1. The Hall–Kier alpha value is -1.84. The standard InChI is InChI=1S/C18H23NO2/c1-14-4-3-5-17(10-14)13-21-18-8-6-16(7-9-18)12-19-11-15(2)20/h3-10,15,19-20H,11-13H2,1-2H3/t15-/m1/s1. The number of rotatable bonds is 7. The first-order chi connectivity index (χ1) is 10.1. The van der Waals surface area contributed by atoms with E-state index < -0.39 is 0 Å². The van der Waals surface area contributed by atoms with Crippen molar-refractivity contribution in [3.63, 3.8) is 0 Å². The molecule has 21 heavy (non-hydrogen) atoms. The summed E-state index contributed by atoms with van der Waals surface area (Å²) >= 11 is 0. The first-order valence-corrected chi connectivity index (χ1v) is 7.29. The summed E-state index contributed by atoms with van der Waals surface area (Å²) in [6, 6.07) is 16.4. The molecule has 2 aromatic carbocycles.